The Morgan fingerprint density at radius 3 is 1.85 bits per heavy atom. The summed E-state index contributed by atoms with van der Waals surface area (Å²) in [5.41, 5.74) is 1.74. The van der Waals surface area contributed by atoms with Crippen molar-refractivity contribution < 1.29 is 31.8 Å². The molecule has 0 saturated carbocycles. The van der Waals surface area contributed by atoms with Crippen LogP contribution in [0.1, 0.15) is 11.1 Å². The SMILES string of the molecule is COc1ccc(/C=C\c2cc(OC)c(OC)c(OC)c2)cc1NS(=O)(=O)c1ccc(F)cc1. The van der Waals surface area contributed by atoms with Crippen molar-refractivity contribution >= 4 is 27.9 Å². The molecule has 9 heteroatoms. The largest absolute Gasteiger partial charge is 0.495 e. The van der Waals surface area contributed by atoms with E-state index < -0.39 is 15.8 Å². The van der Waals surface area contributed by atoms with Crippen LogP contribution in [-0.2, 0) is 10.0 Å². The molecule has 174 valence electrons. The molecular formula is C24H24FNO6S. The Balaban J connectivity index is 1.93. The Morgan fingerprint density at radius 2 is 1.30 bits per heavy atom. The van der Waals surface area contributed by atoms with Crippen molar-refractivity contribution in [1.82, 2.24) is 0 Å². The van der Waals surface area contributed by atoms with E-state index in [4.69, 9.17) is 18.9 Å². The van der Waals surface area contributed by atoms with Crippen LogP contribution in [0.2, 0.25) is 0 Å². The van der Waals surface area contributed by atoms with Crippen molar-refractivity contribution in [2.75, 3.05) is 33.2 Å². The summed E-state index contributed by atoms with van der Waals surface area (Å²) in [4.78, 5) is -0.0654. The van der Waals surface area contributed by atoms with Gasteiger partial charge in [0.05, 0.1) is 39.0 Å². The normalized spacial score (nSPS) is 11.3. The Hall–Kier alpha value is -3.72. The summed E-state index contributed by atoms with van der Waals surface area (Å²) in [5, 5.41) is 0. The van der Waals surface area contributed by atoms with E-state index in [9.17, 15) is 12.8 Å². The number of hydrogen-bond acceptors (Lipinski definition) is 6. The lowest BCUT2D eigenvalue weighted by Gasteiger charge is -2.13. The van der Waals surface area contributed by atoms with Crippen LogP contribution in [0.3, 0.4) is 0 Å². The summed E-state index contributed by atoms with van der Waals surface area (Å²) >= 11 is 0. The zero-order valence-corrected chi connectivity index (χ0v) is 19.4. The van der Waals surface area contributed by atoms with Crippen molar-refractivity contribution in [2.24, 2.45) is 0 Å². The maximum absolute atomic E-state index is 13.2. The van der Waals surface area contributed by atoms with Crippen molar-refractivity contribution in [1.29, 1.82) is 0 Å². The highest BCUT2D eigenvalue weighted by atomic mass is 32.2. The molecule has 0 amide bonds. The van der Waals surface area contributed by atoms with Crippen LogP contribution in [0.4, 0.5) is 10.1 Å². The average molecular weight is 474 g/mol. The summed E-state index contributed by atoms with van der Waals surface area (Å²) in [6, 6.07) is 13.2. The van der Waals surface area contributed by atoms with Crippen LogP contribution in [0.25, 0.3) is 12.2 Å². The zero-order valence-electron chi connectivity index (χ0n) is 18.6. The molecule has 0 aliphatic rings. The summed E-state index contributed by atoms with van der Waals surface area (Å²) < 4.78 is 62.5. The number of nitrogens with one attached hydrogen (secondary N) is 1. The molecule has 0 radical (unpaired) electrons. The van der Waals surface area contributed by atoms with E-state index in [1.165, 1.54) is 40.6 Å². The smallest absolute Gasteiger partial charge is 0.262 e. The Kier molecular flexibility index (Phi) is 7.44. The highest BCUT2D eigenvalue weighted by molar-refractivity contribution is 7.92. The molecule has 3 rings (SSSR count). The van der Waals surface area contributed by atoms with E-state index in [1.807, 2.05) is 6.08 Å². The average Bonchev–Trinajstić information content (AvgIpc) is 2.82. The van der Waals surface area contributed by atoms with Crippen molar-refractivity contribution in [3.63, 3.8) is 0 Å². The fourth-order valence-corrected chi connectivity index (χ4v) is 4.18. The summed E-state index contributed by atoms with van der Waals surface area (Å²) in [6.45, 7) is 0. The topological polar surface area (TPSA) is 83.1 Å². The summed E-state index contributed by atoms with van der Waals surface area (Å²) in [5.74, 6) is 1.33. The van der Waals surface area contributed by atoms with E-state index >= 15 is 0 Å². The first-order valence-corrected chi connectivity index (χ1v) is 11.2. The maximum Gasteiger partial charge on any atom is 0.262 e. The molecule has 0 atom stereocenters. The number of anilines is 1. The minimum absolute atomic E-state index is 0.0654. The zero-order chi connectivity index (χ0) is 24.0. The molecule has 0 aromatic heterocycles. The van der Waals surface area contributed by atoms with Crippen LogP contribution in [0.5, 0.6) is 23.0 Å². The van der Waals surface area contributed by atoms with Crippen LogP contribution >= 0.6 is 0 Å². The first-order valence-electron chi connectivity index (χ1n) is 9.75. The van der Waals surface area contributed by atoms with Gasteiger partial charge in [0, 0.05) is 0 Å². The molecule has 3 aromatic rings. The molecule has 0 spiro atoms. The van der Waals surface area contributed by atoms with Crippen molar-refractivity contribution in [3.8, 4) is 23.0 Å². The van der Waals surface area contributed by atoms with Gasteiger partial charge in [0.2, 0.25) is 5.75 Å². The van der Waals surface area contributed by atoms with Gasteiger partial charge in [0.15, 0.2) is 11.5 Å². The van der Waals surface area contributed by atoms with Crippen LogP contribution in [0, 0.1) is 5.82 Å². The molecule has 0 unspecified atom stereocenters. The fraction of sp³-hybridized carbons (Fsp3) is 0.167. The van der Waals surface area contributed by atoms with Gasteiger partial charge in [-0.25, -0.2) is 12.8 Å². The van der Waals surface area contributed by atoms with Gasteiger partial charge in [-0.1, -0.05) is 18.2 Å². The summed E-state index contributed by atoms with van der Waals surface area (Å²) in [7, 11) is 2.10. The van der Waals surface area contributed by atoms with Gasteiger partial charge < -0.3 is 18.9 Å². The monoisotopic (exact) mass is 473 g/mol. The maximum atomic E-state index is 13.2. The van der Waals surface area contributed by atoms with Gasteiger partial charge in [-0.3, -0.25) is 4.72 Å². The minimum atomic E-state index is -3.94. The van der Waals surface area contributed by atoms with Crippen molar-refractivity contribution in [3.05, 3.63) is 71.5 Å². The van der Waals surface area contributed by atoms with E-state index in [2.05, 4.69) is 4.72 Å². The third kappa shape index (κ3) is 5.56. The van der Waals surface area contributed by atoms with E-state index in [1.54, 1.807) is 36.4 Å². The number of methoxy groups -OCH3 is 4. The molecule has 0 fully saturated rings. The first-order chi connectivity index (χ1) is 15.8. The number of benzene rings is 3. The lowest BCUT2D eigenvalue weighted by atomic mass is 10.1. The molecule has 7 nitrogen and oxygen atoms in total. The highest BCUT2D eigenvalue weighted by Gasteiger charge is 2.17. The number of hydrogen-bond donors (Lipinski definition) is 1. The second-order valence-corrected chi connectivity index (χ2v) is 8.49. The Labute approximate surface area is 192 Å². The van der Waals surface area contributed by atoms with E-state index in [0.717, 1.165) is 17.7 Å². The van der Waals surface area contributed by atoms with Crippen molar-refractivity contribution in [2.45, 2.75) is 4.90 Å². The molecular weight excluding hydrogens is 449 g/mol. The number of rotatable bonds is 9. The van der Waals surface area contributed by atoms with Gasteiger partial charge in [-0.2, -0.15) is 0 Å². The van der Waals surface area contributed by atoms with Crippen LogP contribution < -0.4 is 23.7 Å². The predicted molar refractivity (Wildman–Crippen MR) is 125 cm³/mol. The highest BCUT2D eigenvalue weighted by Crippen LogP contribution is 2.38. The lowest BCUT2D eigenvalue weighted by molar-refractivity contribution is 0.324. The standard InChI is InChI=1S/C24H24FNO6S/c1-29-21-12-7-16(5-6-17-14-22(30-2)24(32-4)23(15-17)31-3)13-20(21)26-33(27,28)19-10-8-18(25)9-11-19/h5-15,26H,1-4H3/b6-5-. The molecule has 0 aliphatic carbocycles. The quantitative estimate of drug-likeness (QED) is 0.448. The van der Waals surface area contributed by atoms with Gasteiger partial charge in [-0.05, 0) is 59.7 Å². The van der Waals surface area contributed by atoms with Gasteiger partial charge in [0.25, 0.3) is 10.0 Å². The molecule has 33 heavy (non-hydrogen) atoms. The third-order valence-electron chi connectivity index (χ3n) is 4.75. The first kappa shape index (κ1) is 23.9. The van der Waals surface area contributed by atoms with E-state index in [-0.39, 0.29) is 10.6 Å². The van der Waals surface area contributed by atoms with Gasteiger partial charge in [0.1, 0.15) is 11.6 Å². The number of halogens is 1. The summed E-state index contributed by atoms with van der Waals surface area (Å²) in [6.07, 6.45) is 3.63. The second kappa shape index (κ2) is 10.3. The van der Waals surface area contributed by atoms with E-state index in [0.29, 0.717) is 28.6 Å². The van der Waals surface area contributed by atoms with Crippen LogP contribution in [0.15, 0.2) is 59.5 Å². The van der Waals surface area contributed by atoms with Crippen LogP contribution in [-0.4, -0.2) is 36.9 Å². The minimum Gasteiger partial charge on any atom is -0.495 e. The molecule has 0 saturated heterocycles. The number of ether oxygens (including phenoxy) is 4. The lowest BCUT2D eigenvalue weighted by Crippen LogP contribution is -2.13. The molecule has 0 bridgehead atoms. The Bertz CT molecular complexity index is 1230. The second-order valence-electron chi connectivity index (χ2n) is 6.81. The van der Waals surface area contributed by atoms with Gasteiger partial charge in [-0.15, -0.1) is 0 Å². The molecule has 0 heterocycles. The third-order valence-corrected chi connectivity index (χ3v) is 6.13. The molecule has 1 N–H and O–H groups in total. The Morgan fingerprint density at radius 1 is 0.727 bits per heavy atom. The fourth-order valence-electron chi connectivity index (χ4n) is 3.12. The predicted octanol–water partition coefficient (Wildman–Crippen LogP) is 4.83. The molecule has 0 aliphatic heterocycles. The number of sulfonamides is 1. The molecule has 3 aromatic carbocycles. The van der Waals surface area contributed by atoms with Gasteiger partial charge >= 0.3 is 0 Å².